The molecule has 2 rings (SSSR count). The molecule has 0 radical (unpaired) electrons. The van der Waals surface area contributed by atoms with Crippen molar-refractivity contribution in [1.82, 2.24) is 0 Å². The summed E-state index contributed by atoms with van der Waals surface area (Å²) in [6.07, 6.45) is 9.90. The zero-order valence-corrected chi connectivity index (χ0v) is 11.2. The molecule has 2 aliphatic rings. The fourth-order valence-electron chi connectivity index (χ4n) is 2.63. The molecule has 0 spiro atoms. The summed E-state index contributed by atoms with van der Waals surface area (Å²) in [5.41, 5.74) is 1.43. The Morgan fingerprint density at radius 3 is 2.65 bits per heavy atom. The maximum absolute atomic E-state index is 11.3. The van der Waals surface area contributed by atoms with Crippen molar-refractivity contribution in [3.8, 4) is 0 Å². The van der Waals surface area contributed by atoms with Gasteiger partial charge in [0.15, 0.2) is 9.84 Å². The molecular weight excluding hydrogens is 236 g/mol. The van der Waals surface area contributed by atoms with Gasteiger partial charge in [0.2, 0.25) is 0 Å². The van der Waals surface area contributed by atoms with Gasteiger partial charge in [0, 0.05) is 0 Å². The number of hydrogen-bond donors (Lipinski definition) is 0. The van der Waals surface area contributed by atoms with E-state index in [9.17, 15) is 8.42 Å². The fraction of sp³-hybridized carbons (Fsp3) is 0.846. The molecule has 1 heterocycles. The Bertz CT molecular complexity index is 362. The molecule has 0 aromatic carbocycles. The first-order valence-corrected chi connectivity index (χ1v) is 8.48. The van der Waals surface area contributed by atoms with Crippen LogP contribution in [-0.2, 0) is 14.6 Å². The molecule has 17 heavy (non-hydrogen) atoms. The van der Waals surface area contributed by atoms with Gasteiger partial charge < -0.3 is 4.74 Å². The normalized spacial score (nSPS) is 28.0. The lowest BCUT2D eigenvalue weighted by atomic mass is 9.96. The van der Waals surface area contributed by atoms with Crippen LogP contribution >= 0.6 is 0 Å². The second-order valence-electron chi connectivity index (χ2n) is 5.27. The van der Waals surface area contributed by atoms with Crippen LogP contribution in [0.5, 0.6) is 0 Å². The van der Waals surface area contributed by atoms with E-state index < -0.39 is 9.84 Å². The second kappa shape index (κ2) is 5.89. The van der Waals surface area contributed by atoms with Crippen LogP contribution in [0.25, 0.3) is 0 Å². The molecule has 0 aromatic rings. The summed E-state index contributed by atoms with van der Waals surface area (Å²) in [6, 6.07) is 0. The fourth-order valence-corrected chi connectivity index (χ4v) is 4.55. The Kier molecular flexibility index (Phi) is 4.48. The summed E-state index contributed by atoms with van der Waals surface area (Å²) in [5, 5.41) is 0. The Morgan fingerprint density at radius 1 is 1.24 bits per heavy atom. The van der Waals surface area contributed by atoms with Crippen molar-refractivity contribution in [3.05, 3.63) is 11.8 Å². The van der Waals surface area contributed by atoms with Crippen molar-refractivity contribution >= 4 is 9.84 Å². The quantitative estimate of drug-likeness (QED) is 0.575. The van der Waals surface area contributed by atoms with Gasteiger partial charge in [-0.05, 0) is 50.0 Å². The minimum absolute atomic E-state index is 0.324. The molecule has 1 saturated carbocycles. The van der Waals surface area contributed by atoms with Crippen LogP contribution in [-0.4, -0.2) is 26.5 Å². The van der Waals surface area contributed by atoms with E-state index in [2.05, 4.69) is 0 Å². The number of allylic oxidation sites excluding steroid dienone is 1. The van der Waals surface area contributed by atoms with Gasteiger partial charge in [-0.15, -0.1) is 0 Å². The Labute approximate surface area is 104 Å². The van der Waals surface area contributed by atoms with Gasteiger partial charge in [-0.3, -0.25) is 0 Å². The van der Waals surface area contributed by atoms with Gasteiger partial charge in [-0.25, -0.2) is 8.42 Å². The number of hydrogen-bond acceptors (Lipinski definition) is 3. The monoisotopic (exact) mass is 258 g/mol. The second-order valence-corrected chi connectivity index (χ2v) is 7.49. The molecular formula is C13H22O3S. The predicted molar refractivity (Wildman–Crippen MR) is 68.5 cm³/mol. The summed E-state index contributed by atoms with van der Waals surface area (Å²) >= 11 is 0. The van der Waals surface area contributed by atoms with E-state index in [1.54, 1.807) is 0 Å². The zero-order valence-electron chi connectivity index (χ0n) is 10.4. The van der Waals surface area contributed by atoms with Crippen molar-refractivity contribution in [2.45, 2.75) is 44.9 Å². The van der Waals surface area contributed by atoms with E-state index in [0.29, 0.717) is 24.0 Å². The SMILES string of the molecule is O=S1(=O)CCC(CCOC=C2CCCCC2)C1. The summed E-state index contributed by atoms with van der Waals surface area (Å²) in [4.78, 5) is 0. The highest BCUT2D eigenvalue weighted by atomic mass is 32.2. The largest absolute Gasteiger partial charge is 0.501 e. The third-order valence-corrected chi connectivity index (χ3v) is 5.55. The van der Waals surface area contributed by atoms with Crippen LogP contribution in [0.1, 0.15) is 44.9 Å². The van der Waals surface area contributed by atoms with E-state index >= 15 is 0 Å². The lowest BCUT2D eigenvalue weighted by Crippen LogP contribution is -2.07. The highest BCUT2D eigenvalue weighted by Crippen LogP contribution is 2.24. The highest BCUT2D eigenvalue weighted by molar-refractivity contribution is 7.91. The molecule has 0 bridgehead atoms. The van der Waals surface area contributed by atoms with Crippen LogP contribution in [0.3, 0.4) is 0 Å². The molecule has 1 unspecified atom stereocenters. The van der Waals surface area contributed by atoms with Crippen LogP contribution in [0.15, 0.2) is 11.8 Å². The summed E-state index contributed by atoms with van der Waals surface area (Å²) in [5.74, 6) is 1.07. The standard InChI is InChI=1S/C13H22O3S/c14-17(15)9-7-13(11-17)6-8-16-10-12-4-2-1-3-5-12/h10,13H,1-9,11H2. The molecule has 1 atom stereocenters. The minimum Gasteiger partial charge on any atom is -0.501 e. The molecule has 0 amide bonds. The number of ether oxygens (including phenoxy) is 1. The van der Waals surface area contributed by atoms with Crippen molar-refractivity contribution in [2.24, 2.45) is 5.92 Å². The smallest absolute Gasteiger partial charge is 0.150 e. The maximum atomic E-state index is 11.3. The summed E-state index contributed by atoms with van der Waals surface area (Å²) < 4.78 is 28.1. The maximum Gasteiger partial charge on any atom is 0.150 e. The van der Waals surface area contributed by atoms with E-state index in [4.69, 9.17) is 4.74 Å². The van der Waals surface area contributed by atoms with E-state index in [1.807, 2.05) is 6.26 Å². The average Bonchev–Trinajstić information content (AvgIpc) is 2.66. The van der Waals surface area contributed by atoms with Crippen molar-refractivity contribution < 1.29 is 13.2 Å². The van der Waals surface area contributed by atoms with Crippen LogP contribution in [0, 0.1) is 5.92 Å². The van der Waals surface area contributed by atoms with Gasteiger partial charge in [-0.1, -0.05) is 6.42 Å². The molecule has 1 saturated heterocycles. The number of sulfone groups is 1. The molecule has 3 nitrogen and oxygen atoms in total. The lowest BCUT2D eigenvalue weighted by molar-refractivity contribution is 0.221. The Hall–Kier alpha value is -0.510. The predicted octanol–water partition coefficient (Wildman–Crippen LogP) is 2.68. The summed E-state index contributed by atoms with van der Waals surface area (Å²) in [7, 11) is -2.72. The lowest BCUT2D eigenvalue weighted by Gasteiger charge is -2.13. The first kappa shape index (κ1) is 12.9. The van der Waals surface area contributed by atoms with Crippen molar-refractivity contribution in [1.29, 1.82) is 0 Å². The Balaban J connectivity index is 1.63. The molecule has 2 fully saturated rings. The number of rotatable bonds is 4. The van der Waals surface area contributed by atoms with Crippen LogP contribution < -0.4 is 0 Å². The van der Waals surface area contributed by atoms with Gasteiger partial charge >= 0.3 is 0 Å². The van der Waals surface area contributed by atoms with E-state index in [-0.39, 0.29) is 0 Å². The molecule has 98 valence electrons. The minimum atomic E-state index is -2.72. The first-order valence-electron chi connectivity index (χ1n) is 6.66. The topological polar surface area (TPSA) is 43.4 Å². The molecule has 0 N–H and O–H groups in total. The molecule has 4 heteroatoms. The van der Waals surface area contributed by atoms with Crippen molar-refractivity contribution in [3.63, 3.8) is 0 Å². The summed E-state index contributed by atoms with van der Waals surface area (Å²) in [6.45, 7) is 0.670. The molecule has 0 aromatic heterocycles. The highest BCUT2D eigenvalue weighted by Gasteiger charge is 2.27. The van der Waals surface area contributed by atoms with Gasteiger partial charge in [0.05, 0.1) is 24.4 Å². The zero-order chi connectivity index (χ0) is 12.1. The van der Waals surface area contributed by atoms with E-state index in [1.165, 1.54) is 37.7 Å². The average molecular weight is 258 g/mol. The first-order chi connectivity index (χ1) is 8.16. The van der Waals surface area contributed by atoms with Gasteiger partial charge in [0.1, 0.15) is 0 Å². The van der Waals surface area contributed by atoms with Crippen LogP contribution in [0.2, 0.25) is 0 Å². The molecule has 1 aliphatic heterocycles. The third-order valence-electron chi connectivity index (χ3n) is 3.72. The van der Waals surface area contributed by atoms with Gasteiger partial charge in [-0.2, -0.15) is 0 Å². The van der Waals surface area contributed by atoms with E-state index in [0.717, 1.165) is 12.8 Å². The van der Waals surface area contributed by atoms with Gasteiger partial charge in [0.25, 0.3) is 0 Å². The Morgan fingerprint density at radius 2 is 2.00 bits per heavy atom. The van der Waals surface area contributed by atoms with Crippen LogP contribution in [0.4, 0.5) is 0 Å². The third kappa shape index (κ3) is 4.34. The molecule has 1 aliphatic carbocycles. The van der Waals surface area contributed by atoms with Crippen molar-refractivity contribution in [2.75, 3.05) is 18.1 Å².